The Morgan fingerprint density at radius 3 is 2.25 bits per heavy atom. The van der Waals surface area contributed by atoms with Crippen LogP contribution in [0.2, 0.25) is 0 Å². The fourth-order valence-electron chi connectivity index (χ4n) is 3.33. The van der Waals surface area contributed by atoms with Crippen LogP contribution in [0.4, 0.5) is 0 Å². The normalized spacial score (nSPS) is 17.3. The molecule has 3 rings (SSSR count). The number of phenols is 1. The summed E-state index contributed by atoms with van der Waals surface area (Å²) in [7, 11) is 0. The Balaban J connectivity index is 1.53. The van der Waals surface area contributed by atoms with Crippen molar-refractivity contribution in [3.8, 4) is 11.8 Å². The van der Waals surface area contributed by atoms with Gasteiger partial charge in [0.1, 0.15) is 5.75 Å². The number of hydrogen-bond donors (Lipinski definition) is 2. The molecule has 4 nitrogen and oxygen atoms in total. The number of nitriles is 1. The van der Waals surface area contributed by atoms with E-state index in [1.165, 1.54) is 5.56 Å². The molecular formula is C20H22N2O2. The minimum absolute atomic E-state index is 0.307. The quantitative estimate of drug-likeness (QED) is 0.907. The van der Waals surface area contributed by atoms with Crippen LogP contribution in [0.25, 0.3) is 0 Å². The van der Waals surface area contributed by atoms with Crippen LogP contribution in [0.1, 0.15) is 41.6 Å². The minimum Gasteiger partial charge on any atom is -0.508 e. The number of piperidine rings is 1. The zero-order chi connectivity index (χ0) is 16.9. The molecule has 1 atom stereocenters. The summed E-state index contributed by atoms with van der Waals surface area (Å²) in [5.74, 6) is 0.829. The van der Waals surface area contributed by atoms with Gasteiger partial charge < -0.3 is 15.1 Å². The minimum atomic E-state index is -0.525. The maximum Gasteiger partial charge on any atom is 0.115 e. The average molecular weight is 322 g/mol. The van der Waals surface area contributed by atoms with Crippen LogP contribution in [0.3, 0.4) is 0 Å². The second-order valence-corrected chi connectivity index (χ2v) is 6.42. The fraction of sp³-hybridized carbons (Fsp3) is 0.350. The van der Waals surface area contributed by atoms with E-state index in [1.807, 2.05) is 24.3 Å². The molecule has 1 saturated heterocycles. The molecule has 1 heterocycles. The molecule has 2 aromatic rings. The van der Waals surface area contributed by atoms with Crippen LogP contribution in [-0.2, 0) is 0 Å². The molecule has 0 spiro atoms. The molecule has 0 bridgehead atoms. The van der Waals surface area contributed by atoms with E-state index in [0.717, 1.165) is 31.5 Å². The smallest absolute Gasteiger partial charge is 0.115 e. The van der Waals surface area contributed by atoms with Gasteiger partial charge in [0.05, 0.1) is 17.7 Å². The standard InChI is InChI=1S/C20H22N2O2/c21-13-15-1-3-18(4-2-15)20(24)14-22-11-9-17(10-12-22)16-5-7-19(23)8-6-16/h1-8,17,20,23-24H,9-12,14H2. The molecular weight excluding hydrogens is 300 g/mol. The lowest BCUT2D eigenvalue weighted by Gasteiger charge is -2.33. The lowest BCUT2D eigenvalue weighted by atomic mass is 9.89. The molecule has 2 aromatic carbocycles. The van der Waals surface area contributed by atoms with Gasteiger partial charge >= 0.3 is 0 Å². The summed E-state index contributed by atoms with van der Waals surface area (Å²) < 4.78 is 0. The van der Waals surface area contributed by atoms with Gasteiger partial charge in [-0.15, -0.1) is 0 Å². The van der Waals surface area contributed by atoms with Crippen molar-refractivity contribution in [2.45, 2.75) is 24.9 Å². The van der Waals surface area contributed by atoms with E-state index in [0.29, 0.717) is 23.8 Å². The third-order valence-electron chi connectivity index (χ3n) is 4.81. The Kier molecular flexibility index (Phi) is 5.14. The zero-order valence-corrected chi connectivity index (χ0v) is 13.6. The molecule has 2 N–H and O–H groups in total. The molecule has 24 heavy (non-hydrogen) atoms. The molecule has 1 fully saturated rings. The van der Waals surface area contributed by atoms with Crippen molar-refractivity contribution < 1.29 is 10.2 Å². The topological polar surface area (TPSA) is 67.5 Å². The number of aromatic hydroxyl groups is 1. The Labute approximate surface area is 142 Å². The summed E-state index contributed by atoms with van der Waals surface area (Å²) >= 11 is 0. The van der Waals surface area contributed by atoms with Gasteiger partial charge in [0, 0.05) is 6.54 Å². The lowest BCUT2D eigenvalue weighted by molar-refractivity contribution is 0.0972. The molecule has 0 radical (unpaired) electrons. The second-order valence-electron chi connectivity index (χ2n) is 6.42. The first kappa shape index (κ1) is 16.5. The molecule has 1 unspecified atom stereocenters. The van der Waals surface area contributed by atoms with Gasteiger partial charge in [-0.2, -0.15) is 5.26 Å². The molecule has 0 aromatic heterocycles. The van der Waals surface area contributed by atoms with E-state index in [2.05, 4.69) is 11.0 Å². The van der Waals surface area contributed by atoms with Crippen LogP contribution in [0.15, 0.2) is 48.5 Å². The number of benzene rings is 2. The zero-order valence-electron chi connectivity index (χ0n) is 13.6. The van der Waals surface area contributed by atoms with Gasteiger partial charge in [-0.05, 0) is 67.2 Å². The highest BCUT2D eigenvalue weighted by molar-refractivity contribution is 5.32. The highest BCUT2D eigenvalue weighted by atomic mass is 16.3. The third-order valence-corrected chi connectivity index (χ3v) is 4.81. The first-order chi connectivity index (χ1) is 11.7. The maximum atomic E-state index is 10.4. The van der Waals surface area contributed by atoms with E-state index in [1.54, 1.807) is 24.3 Å². The Morgan fingerprint density at radius 2 is 1.67 bits per heavy atom. The number of phenolic OH excluding ortho intramolecular Hbond substituents is 1. The van der Waals surface area contributed by atoms with Gasteiger partial charge in [-0.3, -0.25) is 0 Å². The summed E-state index contributed by atoms with van der Waals surface area (Å²) in [6.07, 6.45) is 1.60. The van der Waals surface area contributed by atoms with Crippen molar-refractivity contribution in [3.05, 3.63) is 65.2 Å². The summed E-state index contributed by atoms with van der Waals surface area (Å²) in [6, 6.07) is 16.7. The third kappa shape index (κ3) is 3.94. The van der Waals surface area contributed by atoms with Crippen LogP contribution in [-0.4, -0.2) is 34.7 Å². The molecule has 124 valence electrons. The Morgan fingerprint density at radius 1 is 1.04 bits per heavy atom. The van der Waals surface area contributed by atoms with Gasteiger partial charge in [-0.25, -0.2) is 0 Å². The Bertz CT molecular complexity index is 696. The van der Waals surface area contributed by atoms with Crippen molar-refractivity contribution in [2.24, 2.45) is 0 Å². The lowest BCUT2D eigenvalue weighted by Crippen LogP contribution is -2.36. The number of nitrogens with zero attached hydrogens (tertiary/aromatic N) is 2. The van der Waals surface area contributed by atoms with Crippen LogP contribution in [0.5, 0.6) is 5.75 Å². The highest BCUT2D eigenvalue weighted by Crippen LogP contribution is 2.29. The molecule has 1 aliphatic heterocycles. The SMILES string of the molecule is N#Cc1ccc(C(O)CN2CCC(c3ccc(O)cc3)CC2)cc1. The van der Waals surface area contributed by atoms with E-state index in [9.17, 15) is 10.2 Å². The maximum absolute atomic E-state index is 10.4. The molecule has 1 aliphatic rings. The van der Waals surface area contributed by atoms with E-state index in [-0.39, 0.29) is 0 Å². The number of rotatable bonds is 4. The first-order valence-corrected chi connectivity index (χ1v) is 8.35. The predicted molar refractivity (Wildman–Crippen MR) is 92.6 cm³/mol. The number of aliphatic hydroxyl groups is 1. The second kappa shape index (κ2) is 7.48. The average Bonchev–Trinajstić information content (AvgIpc) is 2.63. The van der Waals surface area contributed by atoms with Crippen LogP contribution >= 0.6 is 0 Å². The Hall–Kier alpha value is -2.35. The summed E-state index contributed by atoms with van der Waals surface area (Å²) in [5, 5.41) is 28.6. The van der Waals surface area contributed by atoms with Crippen molar-refractivity contribution in [2.75, 3.05) is 19.6 Å². The summed E-state index contributed by atoms with van der Waals surface area (Å²) in [6.45, 7) is 2.53. The summed E-state index contributed by atoms with van der Waals surface area (Å²) in [4.78, 5) is 2.29. The van der Waals surface area contributed by atoms with Crippen LogP contribution in [0, 0.1) is 11.3 Å². The van der Waals surface area contributed by atoms with E-state index < -0.39 is 6.10 Å². The molecule has 0 amide bonds. The first-order valence-electron chi connectivity index (χ1n) is 8.35. The van der Waals surface area contributed by atoms with Gasteiger partial charge in [-0.1, -0.05) is 24.3 Å². The molecule has 0 aliphatic carbocycles. The number of likely N-dealkylation sites (tertiary alicyclic amines) is 1. The number of hydrogen-bond acceptors (Lipinski definition) is 4. The van der Waals surface area contributed by atoms with Crippen molar-refractivity contribution in [1.29, 1.82) is 5.26 Å². The number of β-amino-alcohol motifs (C(OH)–C–C–N with tert-alkyl or cyclic N) is 1. The van der Waals surface area contributed by atoms with Gasteiger partial charge in [0.25, 0.3) is 0 Å². The van der Waals surface area contributed by atoms with Gasteiger partial charge in [0.15, 0.2) is 0 Å². The summed E-state index contributed by atoms with van der Waals surface area (Å²) in [5.41, 5.74) is 2.75. The van der Waals surface area contributed by atoms with E-state index >= 15 is 0 Å². The van der Waals surface area contributed by atoms with E-state index in [4.69, 9.17) is 5.26 Å². The van der Waals surface area contributed by atoms with Gasteiger partial charge in [0.2, 0.25) is 0 Å². The molecule has 0 saturated carbocycles. The number of aliphatic hydroxyl groups excluding tert-OH is 1. The van der Waals surface area contributed by atoms with Crippen molar-refractivity contribution in [3.63, 3.8) is 0 Å². The highest BCUT2D eigenvalue weighted by Gasteiger charge is 2.22. The van der Waals surface area contributed by atoms with Crippen LogP contribution < -0.4 is 0 Å². The largest absolute Gasteiger partial charge is 0.508 e. The predicted octanol–water partition coefficient (Wildman–Crippen LogP) is 3.18. The van der Waals surface area contributed by atoms with Crippen molar-refractivity contribution >= 4 is 0 Å². The molecule has 4 heteroatoms. The fourth-order valence-corrected chi connectivity index (χ4v) is 3.33. The van der Waals surface area contributed by atoms with Crippen molar-refractivity contribution in [1.82, 2.24) is 4.90 Å². The monoisotopic (exact) mass is 322 g/mol.